The van der Waals surface area contributed by atoms with Gasteiger partial charge in [-0.05, 0) is 89.9 Å². The van der Waals surface area contributed by atoms with Gasteiger partial charge in [-0.15, -0.1) is 0 Å². The number of likely N-dealkylation sites (N-methyl/N-ethyl adjacent to an activating group) is 1. The zero-order valence-corrected chi connectivity index (χ0v) is 56.0. The van der Waals surface area contributed by atoms with Gasteiger partial charge in [0.05, 0.1) is 40.3 Å². The summed E-state index contributed by atoms with van der Waals surface area (Å²) in [6.07, 6.45) is 87.8. The standard InChI is InChI=1S/C76H133NO8/c1-6-8-10-12-14-16-18-20-22-24-26-28-30-31-32-33-34-35-36-37-38-39-40-41-42-43-45-47-49-51-53-55-57-59-61-63-65-67-74(79)85-72(71-84-76(75(80)81)82-69-68-77(3,4)5)70-83-73(78)66-64-62-60-58-56-54-52-50-48-46-44-29-27-25-23-21-19-17-15-13-11-9-7-2/h8-11,14-17,20-23,26-29,72,76H,6-7,12-13,18-19,24-25,30-71H2,1-5H3/b10-8-,11-9-,16-14-,17-15-,22-20-,23-21-,28-26-,29-27-. The summed E-state index contributed by atoms with van der Waals surface area (Å²) in [4.78, 5) is 37.5. The molecule has 0 aromatic heterocycles. The fourth-order valence-electron chi connectivity index (χ4n) is 9.99. The van der Waals surface area contributed by atoms with E-state index in [1.165, 1.54) is 186 Å². The normalized spacial score (nSPS) is 13.3. The van der Waals surface area contributed by atoms with Gasteiger partial charge < -0.3 is 33.3 Å². The quantitative estimate of drug-likeness (QED) is 0.0195. The smallest absolute Gasteiger partial charge is 0.306 e. The van der Waals surface area contributed by atoms with E-state index >= 15 is 0 Å². The van der Waals surface area contributed by atoms with Crippen LogP contribution in [0.15, 0.2) is 97.2 Å². The molecular formula is C76H133NO8. The number of hydrogen-bond donors (Lipinski definition) is 0. The van der Waals surface area contributed by atoms with Crippen molar-refractivity contribution < 1.29 is 42.9 Å². The van der Waals surface area contributed by atoms with Crippen LogP contribution in [0.5, 0.6) is 0 Å². The van der Waals surface area contributed by atoms with E-state index in [2.05, 4.69) is 111 Å². The zero-order chi connectivity index (χ0) is 61.9. The molecule has 0 radical (unpaired) electrons. The van der Waals surface area contributed by atoms with Gasteiger partial charge in [0.25, 0.3) is 0 Å². The van der Waals surface area contributed by atoms with E-state index in [-0.39, 0.29) is 38.6 Å². The number of hydrogen-bond acceptors (Lipinski definition) is 8. The second-order valence-corrected chi connectivity index (χ2v) is 24.8. The summed E-state index contributed by atoms with van der Waals surface area (Å²) in [6, 6.07) is 0. The Hall–Kier alpha value is -3.79. The molecule has 0 aliphatic carbocycles. The summed E-state index contributed by atoms with van der Waals surface area (Å²) in [7, 11) is 5.93. The predicted molar refractivity (Wildman–Crippen MR) is 361 cm³/mol. The SMILES string of the molecule is CC/C=C\C/C=C\C/C=C\C/C=C\CCCCCCCCCCCCCCCCCCCCCCCCCCC(=O)OC(COC(=O)CCCCCCCCCCCC/C=C\C/C=C\C/C=C\C/C=C\CC)COC(OCC[N+](C)(C)C)C(=O)[O-]. The summed E-state index contributed by atoms with van der Waals surface area (Å²) in [5.41, 5.74) is 0. The van der Waals surface area contributed by atoms with Crippen LogP contribution in [0.2, 0.25) is 0 Å². The number of aliphatic carboxylic acids is 1. The van der Waals surface area contributed by atoms with Gasteiger partial charge >= 0.3 is 11.9 Å². The maximum absolute atomic E-state index is 12.9. The Morgan fingerprint density at radius 2 is 0.635 bits per heavy atom. The molecule has 9 heteroatoms. The van der Waals surface area contributed by atoms with Gasteiger partial charge in [0.2, 0.25) is 0 Å². The number of rotatable bonds is 65. The minimum Gasteiger partial charge on any atom is -0.545 e. The molecule has 0 saturated carbocycles. The first-order chi connectivity index (χ1) is 41.6. The van der Waals surface area contributed by atoms with Gasteiger partial charge in [0, 0.05) is 12.8 Å². The number of carbonyl (C=O) groups excluding carboxylic acids is 3. The Bertz CT molecular complexity index is 1720. The van der Waals surface area contributed by atoms with E-state index in [1.54, 1.807) is 0 Å². The maximum atomic E-state index is 12.9. The molecule has 85 heavy (non-hydrogen) atoms. The third kappa shape index (κ3) is 67.6. The van der Waals surface area contributed by atoms with Crippen molar-refractivity contribution in [2.24, 2.45) is 0 Å². The van der Waals surface area contributed by atoms with Crippen LogP contribution in [0.25, 0.3) is 0 Å². The van der Waals surface area contributed by atoms with Crippen molar-refractivity contribution in [2.45, 2.75) is 322 Å². The number of carbonyl (C=O) groups is 3. The molecule has 0 fully saturated rings. The van der Waals surface area contributed by atoms with E-state index in [0.717, 1.165) is 89.9 Å². The molecule has 0 N–H and O–H groups in total. The average Bonchev–Trinajstić information content (AvgIpc) is 3.48. The number of nitrogens with zero attached hydrogens (tertiary/aromatic N) is 1. The lowest BCUT2D eigenvalue weighted by atomic mass is 10.0. The Kier molecular flexibility index (Phi) is 63.2. The van der Waals surface area contributed by atoms with Crippen molar-refractivity contribution in [3.63, 3.8) is 0 Å². The maximum Gasteiger partial charge on any atom is 0.306 e. The third-order valence-electron chi connectivity index (χ3n) is 15.3. The highest BCUT2D eigenvalue weighted by Gasteiger charge is 2.22. The lowest BCUT2D eigenvalue weighted by Crippen LogP contribution is -2.44. The first kappa shape index (κ1) is 81.2. The Balaban J connectivity index is 4.04. The van der Waals surface area contributed by atoms with Gasteiger partial charge in [-0.25, -0.2) is 0 Å². The molecule has 0 saturated heterocycles. The predicted octanol–water partition coefficient (Wildman–Crippen LogP) is 20.7. The summed E-state index contributed by atoms with van der Waals surface area (Å²) < 4.78 is 22.8. The second kappa shape index (κ2) is 66.2. The lowest BCUT2D eigenvalue weighted by molar-refractivity contribution is -0.870. The van der Waals surface area contributed by atoms with Gasteiger partial charge in [0.1, 0.15) is 13.2 Å². The molecule has 0 aromatic carbocycles. The summed E-state index contributed by atoms with van der Waals surface area (Å²) in [5, 5.41) is 11.8. The van der Waals surface area contributed by atoms with Gasteiger partial charge in [-0.1, -0.05) is 304 Å². The van der Waals surface area contributed by atoms with Gasteiger partial charge in [-0.3, -0.25) is 9.59 Å². The van der Waals surface area contributed by atoms with Gasteiger partial charge in [0.15, 0.2) is 12.4 Å². The Morgan fingerprint density at radius 3 is 0.941 bits per heavy atom. The molecule has 2 atom stereocenters. The fourth-order valence-corrected chi connectivity index (χ4v) is 9.99. The van der Waals surface area contributed by atoms with E-state index in [9.17, 15) is 19.5 Å². The fraction of sp³-hybridized carbons (Fsp3) is 0.750. The van der Waals surface area contributed by atoms with Crippen LogP contribution in [0.4, 0.5) is 0 Å². The molecule has 490 valence electrons. The van der Waals surface area contributed by atoms with Crippen LogP contribution in [0.1, 0.15) is 309 Å². The summed E-state index contributed by atoms with van der Waals surface area (Å²) >= 11 is 0. The minimum atomic E-state index is -1.63. The average molecular weight is 1190 g/mol. The molecular weight excluding hydrogens is 1050 g/mol. The van der Waals surface area contributed by atoms with E-state index in [4.69, 9.17) is 18.9 Å². The highest BCUT2D eigenvalue weighted by atomic mass is 16.7. The number of quaternary nitrogens is 1. The van der Waals surface area contributed by atoms with Crippen LogP contribution in [0.3, 0.4) is 0 Å². The van der Waals surface area contributed by atoms with Crippen molar-refractivity contribution in [1.29, 1.82) is 0 Å². The largest absolute Gasteiger partial charge is 0.545 e. The van der Waals surface area contributed by atoms with Crippen LogP contribution < -0.4 is 5.11 Å². The van der Waals surface area contributed by atoms with Crippen molar-refractivity contribution in [3.8, 4) is 0 Å². The Labute approximate surface area is 524 Å². The molecule has 0 aromatic rings. The lowest BCUT2D eigenvalue weighted by Gasteiger charge is -2.26. The Morgan fingerprint density at radius 1 is 0.353 bits per heavy atom. The molecule has 0 aliphatic rings. The molecule has 0 amide bonds. The molecule has 0 spiro atoms. The highest BCUT2D eigenvalue weighted by molar-refractivity contribution is 5.70. The van der Waals surface area contributed by atoms with Crippen molar-refractivity contribution in [1.82, 2.24) is 0 Å². The zero-order valence-electron chi connectivity index (χ0n) is 56.0. The van der Waals surface area contributed by atoms with Crippen molar-refractivity contribution in [3.05, 3.63) is 97.2 Å². The van der Waals surface area contributed by atoms with Crippen LogP contribution in [-0.2, 0) is 33.3 Å². The van der Waals surface area contributed by atoms with E-state index in [0.29, 0.717) is 17.4 Å². The highest BCUT2D eigenvalue weighted by Crippen LogP contribution is 2.18. The summed E-state index contributed by atoms with van der Waals surface area (Å²) in [5.74, 6) is -2.28. The third-order valence-corrected chi connectivity index (χ3v) is 15.3. The second-order valence-electron chi connectivity index (χ2n) is 24.8. The number of allylic oxidation sites excluding steroid dienone is 16. The number of ether oxygens (including phenoxy) is 4. The minimum absolute atomic E-state index is 0.145. The van der Waals surface area contributed by atoms with Crippen LogP contribution >= 0.6 is 0 Å². The molecule has 0 rings (SSSR count). The first-order valence-corrected chi connectivity index (χ1v) is 35.4. The van der Waals surface area contributed by atoms with E-state index < -0.39 is 24.3 Å². The first-order valence-electron chi connectivity index (χ1n) is 35.4. The summed E-state index contributed by atoms with van der Waals surface area (Å²) in [6.45, 7) is 4.55. The van der Waals surface area contributed by atoms with Gasteiger partial charge in [-0.2, -0.15) is 0 Å². The van der Waals surface area contributed by atoms with E-state index in [1.807, 2.05) is 21.1 Å². The van der Waals surface area contributed by atoms with Crippen LogP contribution in [0, 0.1) is 0 Å². The number of esters is 2. The molecule has 0 bridgehead atoms. The molecule has 9 nitrogen and oxygen atoms in total. The molecule has 0 heterocycles. The van der Waals surface area contributed by atoms with Crippen molar-refractivity contribution >= 4 is 17.9 Å². The number of carboxylic acid groups (broad SMARTS) is 1. The topological polar surface area (TPSA) is 111 Å². The molecule has 2 unspecified atom stereocenters. The number of unbranched alkanes of at least 4 members (excludes halogenated alkanes) is 34. The number of carboxylic acids is 1. The van der Waals surface area contributed by atoms with Crippen LogP contribution in [-0.4, -0.2) is 82.3 Å². The van der Waals surface area contributed by atoms with Crippen molar-refractivity contribution in [2.75, 3.05) is 47.5 Å². The molecule has 0 aliphatic heterocycles. The monoisotopic (exact) mass is 1190 g/mol.